The van der Waals surface area contributed by atoms with Gasteiger partial charge < -0.3 is 10.2 Å². The zero-order valence-electron chi connectivity index (χ0n) is 12.4. The molecular weight excluding hydrogens is 267 g/mol. The van der Waals surface area contributed by atoms with Gasteiger partial charge in [0.05, 0.1) is 0 Å². The van der Waals surface area contributed by atoms with Crippen LogP contribution in [-0.2, 0) is 6.42 Å². The summed E-state index contributed by atoms with van der Waals surface area (Å²) < 4.78 is 13.5. The van der Waals surface area contributed by atoms with Crippen molar-refractivity contribution in [2.75, 3.05) is 23.3 Å². The zero-order chi connectivity index (χ0) is 14.8. The van der Waals surface area contributed by atoms with E-state index >= 15 is 0 Å². The fourth-order valence-electron chi connectivity index (χ4n) is 2.71. The Hall–Kier alpha value is -2.17. The number of nitrogens with zero attached hydrogens (tertiary/aromatic N) is 3. The summed E-state index contributed by atoms with van der Waals surface area (Å²) in [6, 6.07) is 4.96. The van der Waals surface area contributed by atoms with E-state index in [1.165, 1.54) is 6.07 Å². The largest absolute Gasteiger partial charge is 0.370 e. The van der Waals surface area contributed by atoms with E-state index in [-0.39, 0.29) is 5.82 Å². The van der Waals surface area contributed by atoms with Crippen LogP contribution in [0, 0.1) is 12.7 Å². The molecule has 2 heterocycles. The van der Waals surface area contributed by atoms with E-state index in [9.17, 15) is 4.39 Å². The van der Waals surface area contributed by atoms with Gasteiger partial charge in [0.2, 0.25) is 0 Å². The third-order valence-electron chi connectivity index (χ3n) is 3.80. The predicted octanol–water partition coefficient (Wildman–Crippen LogP) is 3.44. The van der Waals surface area contributed by atoms with Crippen LogP contribution in [0.2, 0.25) is 0 Å². The summed E-state index contributed by atoms with van der Waals surface area (Å²) in [5.74, 6) is 1.50. The second-order valence-corrected chi connectivity index (χ2v) is 5.27. The van der Waals surface area contributed by atoms with Crippen molar-refractivity contribution in [3.8, 4) is 0 Å². The molecule has 2 aromatic rings. The SMILES string of the molecule is CCCNc1ncnc(N2CCc3ccc(F)cc32)c1C. The summed E-state index contributed by atoms with van der Waals surface area (Å²) in [5, 5.41) is 3.31. The molecule has 1 aliphatic rings. The van der Waals surface area contributed by atoms with E-state index in [4.69, 9.17) is 0 Å². The third-order valence-corrected chi connectivity index (χ3v) is 3.80. The quantitative estimate of drug-likeness (QED) is 0.934. The Morgan fingerprint density at radius 2 is 2.19 bits per heavy atom. The number of fused-ring (bicyclic) bond motifs is 1. The van der Waals surface area contributed by atoms with Crippen molar-refractivity contribution in [3.05, 3.63) is 41.5 Å². The molecule has 0 atom stereocenters. The van der Waals surface area contributed by atoms with E-state index in [2.05, 4.69) is 27.1 Å². The first-order valence-electron chi connectivity index (χ1n) is 7.32. The summed E-state index contributed by atoms with van der Waals surface area (Å²) in [6.45, 7) is 5.82. The first-order chi connectivity index (χ1) is 10.2. The number of hydrogen-bond donors (Lipinski definition) is 1. The summed E-state index contributed by atoms with van der Waals surface area (Å²) in [7, 11) is 0. The van der Waals surface area contributed by atoms with Crippen molar-refractivity contribution < 1.29 is 4.39 Å². The highest BCUT2D eigenvalue weighted by Gasteiger charge is 2.24. The molecule has 21 heavy (non-hydrogen) atoms. The molecule has 0 radical (unpaired) electrons. The van der Waals surface area contributed by atoms with Crippen LogP contribution in [0.5, 0.6) is 0 Å². The molecule has 1 aromatic heterocycles. The molecule has 5 heteroatoms. The van der Waals surface area contributed by atoms with Crippen molar-refractivity contribution >= 4 is 17.3 Å². The molecule has 3 rings (SSSR count). The monoisotopic (exact) mass is 286 g/mol. The van der Waals surface area contributed by atoms with E-state index in [1.54, 1.807) is 12.4 Å². The molecule has 1 aliphatic heterocycles. The molecule has 0 unspecified atom stereocenters. The standard InChI is InChI=1S/C16H19FN4/c1-3-7-18-15-11(2)16(20-10-19-15)21-8-6-12-4-5-13(17)9-14(12)21/h4-5,9-10H,3,6-8H2,1-2H3,(H,18,19,20). The maximum absolute atomic E-state index is 13.5. The van der Waals surface area contributed by atoms with Crippen LogP contribution in [0.15, 0.2) is 24.5 Å². The number of hydrogen-bond acceptors (Lipinski definition) is 4. The van der Waals surface area contributed by atoms with E-state index in [1.807, 2.05) is 13.0 Å². The zero-order valence-corrected chi connectivity index (χ0v) is 12.4. The van der Waals surface area contributed by atoms with Crippen molar-refractivity contribution in [1.29, 1.82) is 0 Å². The highest BCUT2D eigenvalue weighted by molar-refractivity contribution is 5.71. The van der Waals surface area contributed by atoms with Gasteiger partial charge in [-0.05, 0) is 37.5 Å². The molecule has 0 aliphatic carbocycles. The lowest BCUT2D eigenvalue weighted by Gasteiger charge is -2.21. The van der Waals surface area contributed by atoms with Gasteiger partial charge in [0.15, 0.2) is 0 Å². The molecule has 0 amide bonds. The minimum absolute atomic E-state index is 0.211. The summed E-state index contributed by atoms with van der Waals surface area (Å²) >= 11 is 0. The minimum Gasteiger partial charge on any atom is -0.370 e. The van der Waals surface area contributed by atoms with Gasteiger partial charge in [-0.3, -0.25) is 0 Å². The molecular formula is C16H19FN4. The van der Waals surface area contributed by atoms with Crippen molar-refractivity contribution in [1.82, 2.24) is 9.97 Å². The Morgan fingerprint density at radius 1 is 1.33 bits per heavy atom. The van der Waals surface area contributed by atoms with Gasteiger partial charge in [0.1, 0.15) is 23.8 Å². The number of rotatable bonds is 4. The van der Waals surface area contributed by atoms with Gasteiger partial charge in [-0.15, -0.1) is 0 Å². The fraction of sp³-hybridized carbons (Fsp3) is 0.375. The van der Waals surface area contributed by atoms with Crippen molar-refractivity contribution in [3.63, 3.8) is 0 Å². The average molecular weight is 286 g/mol. The van der Waals surface area contributed by atoms with E-state index in [0.717, 1.165) is 54.4 Å². The summed E-state index contributed by atoms with van der Waals surface area (Å²) in [4.78, 5) is 10.8. The maximum atomic E-state index is 13.5. The first kappa shape index (κ1) is 13.8. The lowest BCUT2D eigenvalue weighted by Crippen LogP contribution is -2.17. The van der Waals surface area contributed by atoms with Gasteiger partial charge in [-0.1, -0.05) is 13.0 Å². The Bertz CT molecular complexity index is 657. The Labute approximate surface area is 124 Å². The van der Waals surface area contributed by atoms with Crippen LogP contribution in [0.4, 0.5) is 21.7 Å². The second kappa shape index (κ2) is 5.68. The molecule has 0 bridgehead atoms. The van der Waals surface area contributed by atoms with E-state index in [0.29, 0.717) is 0 Å². The second-order valence-electron chi connectivity index (χ2n) is 5.27. The lowest BCUT2D eigenvalue weighted by molar-refractivity contribution is 0.628. The maximum Gasteiger partial charge on any atom is 0.141 e. The molecule has 1 N–H and O–H groups in total. The van der Waals surface area contributed by atoms with Crippen molar-refractivity contribution in [2.45, 2.75) is 26.7 Å². The first-order valence-corrected chi connectivity index (χ1v) is 7.32. The van der Waals surface area contributed by atoms with Crippen LogP contribution < -0.4 is 10.2 Å². The Balaban J connectivity index is 1.98. The molecule has 110 valence electrons. The molecule has 4 nitrogen and oxygen atoms in total. The molecule has 0 spiro atoms. The molecule has 1 aromatic carbocycles. The molecule has 0 saturated heterocycles. The van der Waals surface area contributed by atoms with Gasteiger partial charge >= 0.3 is 0 Å². The molecule has 0 fully saturated rings. The average Bonchev–Trinajstić information content (AvgIpc) is 2.89. The van der Waals surface area contributed by atoms with Gasteiger partial charge in [0, 0.05) is 24.3 Å². The normalized spacial score (nSPS) is 13.4. The smallest absolute Gasteiger partial charge is 0.141 e. The van der Waals surface area contributed by atoms with Crippen LogP contribution in [0.3, 0.4) is 0 Å². The molecule has 0 saturated carbocycles. The number of halogens is 1. The topological polar surface area (TPSA) is 41.1 Å². The van der Waals surface area contributed by atoms with Gasteiger partial charge in [-0.2, -0.15) is 0 Å². The number of nitrogens with one attached hydrogen (secondary N) is 1. The summed E-state index contributed by atoms with van der Waals surface area (Å²) in [6.07, 6.45) is 3.52. The van der Waals surface area contributed by atoms with Crippen molar-refractivity contribution in [2.24, 2.45) is 0 Å². The number of benzene rings is 1. The van der Waals surface area contributed by atoms with Crippen LogP contribution in [0.1, 0.15) is 24.5 Å². The van der Waals surface area contributed by atoms with Crippen LogP contribution in [-0.4, -0.2) is 23.1 Å². The third kappa shape index (κ3) is 2.55. The number of aromatic nitrogens is 2. The van der Waals surface area contributed by atoms with Crippen LogP contribution >= 0.6 is 0 Å². The van der Waals surface area contributed by atoms with Gasteiger partial charge in [0.25, 0.3) is 0 Å². The highest BCUT2D eigenvalue weighted by Crippen LogP contribution is 2.36. The van der Waals surface area contributed by atoms with Gasteiger partial charge in [-0.25, -0.2) is 14.4 Å². The minimum atomic E-state index is -0.211. The Kier molecular flexibility index (Phi) is 3.73. The number of anilines is 3. The highest BCUT2D eigenvalue weighted by atomic mass is 19.1. The lowest BCUT2D eigenvalue weighted by atomic mass is 10.1. The predicted molar refractivity (Wildman–Crippen MR) is 82.7 cm³/mol. The Morgan fingerprint density at radius 3 is 3.00 bits per heavy atom. The van der Waals surface area contributed by atoms with Crippen LogP contribution in [0.25, 0.3) is 0 Å². The summed E-state index contributed by atoms with van der Waals surface area (Å²) in [5.41, 5.74) is 3.08. The fourth-order valence-corrected chi connectivity index (χ4v) is 2.71. The van der Waals surface area contributed by atoms with E-state index < -0.39 is 0 Å².